The van der Waals surface area contributed by atoms with Crippen molar-refractivity contribution in [2.75, 3.05) is 0 Å². The first kappa shape index (κ1) is 16.8. The molecule has 0 bridgehead atoms. The van der Waals surface area contributed by atoms with Crippen LogP contribution in [0.2, 0.25) is 0 Å². The number of hydrogen-bond donors (Lipinski definition) is 0. The standard InChI is InChI=1S/C20H18F2O/c1-14(2)19(4-3-13-23)20(15-5-9-17(21)10-6-15)16-7-11-18(22)12-8-16/h3-14H,1-2H3. The largest absolute Gasteiger partial charge is 0.299 e. The van der Waals surface area contributed by atoms with E-state index in [1.807, 2.05) is 13.8 Å². The Bertz CT molecular complexity index is 676. The van der Waals surface area contributed by atoms with Crippen LogP contribution in [0.5, 0.6) is 0 Å². The Hall–Kier alpha value is -2.55. The third-order valence-electron chi connectivity index (χ3n) is 3.53. The van der Waals surface area contributed by atoms with Crippen molar-refractivity contribution in [1.29, 1.82) is 0 Å². The van der Waals surface area contributed by atoms with Crippen molar-refractivity contribution in [1.82, 2.24) is 0 Å². The molecule has 0 unspecified atom stereocenters. The number of hydrogen-bond acceptors (Lipinski definition) is 1. The average Bonchev–Trinajstić information content (AvgIpc) is 2.53. The zero-order valence-corrected chi connectivity index (χ0v) is 13.1. The van der Waals surface area contributed by atoms with Gasteiger partial charge in [0.25, 0.3) is 0 Å². The van der Waals surface area contributed by atoms with Crippen LogP contribution in [-0.2, 0) is 4.79 Å². The minimum atomic E-state index is -0.318. The summed E-state index contributed by atoms with van der Waals surface area (Å²) in [5, 5.41) is 0. The first-order valence-corrected chi connectivity index (χ1v) is 7.41. The summed E-state index contributed by atoms with van der Waals surface area (Å²) in [6, 6.07) is 12.3. The van der Waals surface area contributed by atoms with Crippen LogP contribution in [0.4, 0.5) is 8.78 Å². The highest BCUT2D eigenvalue weighted by Crippen LogP contribution is 2.31. The highest BCUT2D eigenvalue weighted by Gasteiger charge is 2.13. The normalized spacial score (nSPS) is 11.0. The summed E-state index contributed by atoms with van der Waals surface area (Å²) >= 11 is 0. The number of halogens is 2. The van der Waals surface area contributed by atoms with E-state index in [-0.39, 0.29) is 17.6 Å². The van der Waals surface area contributed by atoms with Gasteiger partial charge in [0, 0.05) is 0 Å². The topological polar surface area (TPSA) is 17.1 Å². The van der Waals surface area contributed by atoms with Gasteiger partial charge in [-0.1, -0.05) is 44.2 Å². The fourth-order valence-electron chi connectivity index (χ4n) is 2.44. The van der Waals surface area contributed by atoms with E-state index in [9.17, 15) is 13.6 Å². The number of allylic oxidation sites excluding steroid dienone is 3. The highest BCUT2D eigenvalue weighted by molar-refractivity contribution is 5.84. The van der Waals surface area contributed by atoms with Crippen LogP contribution in [0, 0.1) is 17.6 Å². The van der Waals surface area contributed by atoms with Crippen molar-refractivity contribution in [2.45, 2.75) is 13.8 Å². The van der Waals surface area contributed by atoms with Crippen molar-refractivity contribution >= 4 is 11.9 Å². The zero-order chi connectivity index (χ0) is 16.8. The lowest BCUT2D eigenvalue weighted by Crippen LogP contribution is -2.00. The number of carbonyl (C=O) groups is 1. The number of carbonyl (C=O) groups excluding carboxylic acids is 1. The molecule has 2 aromatic rings. The molecule has 0 heterocycles. The Balaban J connectivity index is 2.71. The maximum absolute atomic E-state index is 13.2. The summed E-state index contributed by atoms with van der Waals surface area (Å²) in [4.78, 5) is 10.7. The third-order valence-corrected chi connectivity index (χ3v) is 3.53. The fraction of sp³-hybridized carbons (Fsp3) is 0.150. The summed E-state index contributed by atoms with van der Waals surface area (Å²) < 4.78 is 26.5. The lowest BCUT2D eigenvalue weighted by molar-refractivity contribution is -0.104. The molecule has 0 spiro atoms. The van der Waals surface area contributed by atoms with Gasteiger partial charge in [-0.15, -0.1) is 0 Å². The summed E-state index contributed by atoms with van der Waals surface area (Å²) in [6.45, 7) is 4.02. The van der Waals surface area contributed by atoms with Crippen molar-refractivity contribution in [3.63, 3.8) is 0 Å². The molecule has 23 heavy (non-hydrogen) atoms. The monoisotopic (exact) mass is 312 g/mol. The van der Waals surface area contributed by atoms with E-state index >= 15 is 0 Å². The van der Waals surface area contributed by atoms with Crippen molar-refractivity contribution in [3.05, 3.63) is 89.0 Å². The predicted molar refractivity (Wildman–Crippen MR) is 88.9 cm³/mol. The van der Waals surface area contributed by atoms with Gasteiger partial charge in [-0.3, -0.25) is 4.79 Å². The molecule has 0 aliphatic heterocycles. The van der Waals surface area contributed by atoms with E-state index in [0.717, 1.165) is 28.6 Å². The maximum atomic E-state index is 13.2. The molecule has 0 aromatic heterocycles. The van der Waals surface area contributed by atoms with E-state index in [1.165, 1.54) is 30.3 Å². The second-order valence-corrected chi connectivity index (χ2v) is 5.49. The van der Waals surface area contributed by atoms with Gasteiger partial charge in [0.1, 0.15) is 17.9 Å². The fourth-order valence-corrected chi connectivity index (χ4v) is 2.44. The van der Waals surface area contributed by atoms with Crippen LogP contribution in [0.25, 0.3) is 5.57 Å². The number of aldehydes is 1. The zero-order valence-electron chi connectivity index (χ0n) is 13.1. The first-order valence-electron chi connectivity index (χ1n) is 7.41. The second-order valence-electron chi connectivity index (χ2n) is 5.49. The van der Waals surface area contributed by atoms with Gasteiger partial charge in [0.05, 0.1) is 0 Å². The quantitative estimate of drug-likeness (QED) is 0.422. The molecule has 0 N–H and O–H groups in total. The molecule has 0 saturated carbocycles. The minimum absolute atomic E-state index is 0.135. The molecule has 1 nitrogen and oxygen atoms in total. The van der Waals surface area contributed by atoms with E-state index in [4.69, 9.17) is 0 Å². The van der Waals surface area contributed by atoms with Gasteiger partial charge >= 0.3 is 0 Å². The van der Waals surface area contributed by atoms with E-state index in [2.05, 4.69) is 0 Å². The van der Waals surface area contributed by atoms with Crippen molar-refractivity contribution in [2.24, 2.45) is 5.92 Å². The Labute approximate surface area is 135 Å². The molecule has 0 amide bonds. The Morgan fingerprint density at radius 3 is 1.65 bits per heavy atom. The van der Waals surface area contributed by atoms with Gasteiger partial charge in [-0.05, 0) is 58.5 Å². The summed E-state index contributed by atoms with van der Waals surface area (Å²) in [5.74, 6) is -0.500. The third kappa shape index (κ3) is 4.22. The molecule has 0 atom stereocenters. The number of benzene rings is 2. The van der Waals surface area contributed by atoms with Gasteiger partial charge in [-0.25, -0.2) is 8.78 Å². The van der Waals surface area contributed by atoms with E-state index in [1.54, 1.807) is 30.3 Å². The van der Waals surface area contributed by atoms with Crippen LogP contribution in [0.1, 0.15) is 25.0 Å². The Morgan fingerprint density at radius 1 is 0.870 bits per heavy atom. The summed E-state index contributed by atoms with van der Waals surface area (Å²) in [6.07, 6.45) is 3.90. The van der Waals surface area contributed by atoms with E-state index < -0.39 is 0 Å². The maximum Gasteiger partial charge on any atom is 0.142 e. The number of rotatable bonds is 5. The molecule has 2 rings (SSSR count). The molecule has 0 aliphatic carbocycles. The van der Waals surface area contributed by atoms with Crippen molar-refractivity contribution in [3.8, 4) is 0 Å². The molecule has 118 valence electrons. The SMILES string of the molecule is CC(C)C(C=CC=O)=C(c1ccc(F)cc1)c1ccc(F)cc1. The Morgan fingerprint density at radius 2 is 1.30 bits per heavy atom. The lowest BCUT2D eigenvalue weighted by Gasteiger charge is -2.17. The molecule has 0 radical (unpaired) electrons. The van der Waals surface area contributed by atoms with Gasteiger partial charge in [0.2, 0.25) is 0 Å². The Kier molecular flexibility index (Phi) is 5.58. The van der Waals surface area contributed by atoms with Crippen LogP contribution < -0.4 is 0 Å². The smallest absolute Gasteiger partial charge is 0.142 e. The minimum Gasteiger partial charge on any atom is -0.299 e. The molecular formula is C20H18F2O. The molecule has 0 saturated heterocycles. The van der Waals surface area contributed by atoms with Gasteiger partial charge in [0.15, 0.2) is 0 Å². The molecule has 0 aliphatic rings. The second kappa shape index (κ2) is 7.63. The van der Waals surface area contributed by atoms with Crippen LogP contribution >= 0.6 is 0 Å². The predicted octanol–water partition coefficient (Wildman–Crippen LogP) is 5.18. The van der Waals surface area contributed by atoms with Crippen molar-refractivity contribution < 1.29 is 13.6 Å². The van der Waals surface area contributed by atoms with E-state index in [0.29, 0.717) is 0 Å². The van der Waals surface area contributed by atoms with Gasteiger partial charge in [-0.2, -0.15) is 0 Å². The van der Waals surface area contributed by atoms with Crippen LogP contribution in [0.15, 0.2) is 66.3 Å². The summed E-state index contributed by atoms with van der Waals surface area (Å²) in [5.41, 5.74) is 3.42. The highest BCUT2D eigenvalue weighted by atomic mass is 19.1. The van der Waals surface area contributed by atoms with Crippen LogP contribution in [-0.4, -0.2) is 6.29 Å². The van der Waals surface area contributed by atoms with Crippen LogP contribution in [0.3, 0.4) is 0 Å². The average molecular weight is 312 g/mol. The van der Waals surface area contributed by atoms with Gasteiger partial charge < -0.3 is 0 Å². The molecule has 3 heteroatoms. The first-order chi connectivity index (χ1) is 11.0. The molecular weight excluding hydrogens is 294 g/mol. The molecule has 0 fully saturated rings. The molecule has 2 aromatic carbocycles. The lowest BCUT2D eigenvalue weighted by atomic mass is 9.87. The summed E-state index contributed by atoms with van der Waals surface area (Å²) in [7, 11) is 0.